The summed E-state index contributed by atoms with van der Waals surface area (Å²) in [5.74, 6) is -0.694. The molecule has 1 aliphatic heterocycles. The van der Waals surface area contributed by atoms with E-state index in [1.165, 1.54) is 13.2 Å². The standard InChI is InChI=1S/C19H20O9/c1-10-17(12(20)7-8-25-10)28-19-16(23)15(22)14(21)13(27-19)9-26-18(24)11-5-3-2-4-6-11/h2-8,13-16,19,21-23H,9H2,1H3/t13-,14-,15+,16-,19+/m1/s1. The highest BCUT2D eigenvalue weighted by Crippen LogP contribution is 2.25. The Balaban J connectivity index is 1.70. The minimum absolute atomic E-state index is 0.149. The first kappa shape index (κ1) is 20.0. The molecule has 1 saturated heterocycles. The van der Waals surface area contributed by atoms with E-state index in [0.717, 1.165) is 6.07 Å². The number of esters is 1. The van der Waals surface area contributed by atoms with Gasteiger partial charge in [0.05, 0.1) is 11.8 Å². The molecule has 150 valence electrons. The predicted octanol–water partition coefficient (Wildman–Crippen LogP) is -0.00838. The molecule has 1 aromatic heterocycles. The van der Waals surface area contributed by atoms with Crippen molar-refractivity contribution in [3.8, 4) is 5.75 Å². The first-order chi connectivity index (χ1) is 13.4. The fourth-order valence-corrected chi connectivity index (χ4v) is 2.72. The van der Waals surface area contributed by atoms with Crippen molar-refractivity contribution in [2.75, 3.05) is 6.61 Å². The smallest absolute Gasteiger partial charge is 0.338 e. The summed E-state index contributed by atoms with van der Waals surface area (Å²) in [7, 11) is 0. The predicted molar refractivity (Wildman–Crippen MR) is 93.7 cm³/mol. The lowest BCUT2D eigenvalue weighted by Gasteiger charge is -2.39. The highest BCUT2D eigenvalue weighted by Gasteiger charge is 2.45. The van der Waals surface area contributed by atoms with Crippen LogP contribution in [0.25, 0.3) is 0 Å². The number of aliphatic hydroxyl groups is 3. The van der Waals surface area contributed by atoms with Crippen molar-refractivity contribution in [3.63, 3.8) is 0 Å². The normalized spacial score (nSPS) is 27.2. The maximum Gasteiger partial charge on any atom is 0.338 e. The molecule has 0 amide bonds. The Morgan fingerprint density at radius 2 is 1.79 bits per heavy atom. The van der Waals surface area contributed by atoms with E-state index in [0.29, 0.717) is 5.56 Å². The topological polar surface area (TPSA) is 136 Å². The van der Waals surface area contributed by atoms with Crippen molar-refractivity contribution in [2.45, 2.75) is 37.6 Å². The number of carbonyl (C=O) groups is 1. The quantitative estimate of drug-likeness (QED) is 0.600. The summed E-state index contributed by atoms with van der Waals surface area (Å²) in [6.45, 7) is 1.08. The first-order valence-corrected chi connectivity index (χ1v) is 8.55. The van der Waals surface area contributed by atoms with Gasteiger partial charge in [-0.15, -0.1) is 0 Å². The molecular weight excluding hydrogens is 372 g/mol. The minimum atomic E-state index is -1.64. The number of aliphatic hydroxyl groups excluding tert-OH is 3. The Hall–Kier alpha value is -2.72. The van der Waals surface area contributed by atoms with Crippen LogP contribution in [-0.2, 0) is 9.47 Å². The summed E-state index contributed by atoms with van der Waals surface area (Å²) in [6, 6.07) is 9.32. The fourth-order valence-electron chi connectivity index (χ4n) is 2.72. The Morgan fingerprint density at radius 1 is 1.07 bits per heavy atom. The number of carbonyl (C=O) groups excluding carboxylic acids is 1. The van der Waals surface area contributed by atoms with Crippen LogP contribution in [0.4, 0.5) is 0 Å². The molecule has 0 bridgehead atoms. The van der Waals surface area contributed by atoms with Gasteiger partial charge in [0.15, 0.2) is 0 Å². The molecule has 2 aromatic rings. The van der Waals surface area contributed by atoms with Crippen LogP contribution >= 0.6 is 0 Å². The molecule has 1 aromatic carbocycles. The van der Waals surface area contributed by atoms with E-state index in [1.54, 1.807) is 30.3 Å². The van der Waals surface area contributed by atoms with Gasteiger partial charge in [0.25, 0.3) is 0 Å². The molecule has 1 fully saturated rings. The molecule has 3 N–H and O–H groups in total. The van der Waals surface area contributed by atoms with Crippen molar-refractivity contribution in [2.24, 2.45) is 0 Å². The molecule has 3 rings (SSSR count). The number of hydrogen-bond donors (Lipinski definition) is 3. The van der Waals surface area contributed by atoms with E-state index in [-0.39, 0.29) is 11.5 Å². The third-order valence-corrected chi connectivity index (χ3v) is 4.30. The number of benzene rings is 1. The Morgan fingerprint density at radius 3 is 2.46 bits per heavy atom. The molecule has 1 aliphatic rings. The molecular formula is C19H20O9. The van der Waals surface area contributed by atoms with Crippen LogP contribution < -0.4 is 10.2 Å². The van der Waals surface area contributed by atoms with Gasteiger partial charge >= 0.3 is 5.97 Å². The van der Waals surface area contributed by atoms with Crippen molar-refractivity contribution in [1.29, 1.82) is 0 Å². The minimum Gasteiger partial charge on any atom is -0.465 e. The van der Waals surface area contributed by atoms with Gasteiger partial charge < -0.3 is 33.9 Å². The number of aryl methyl sites for hydroxylation is 1. The van der Waals surface area contributed by atoms with Crippen LogP contribution in [0, 0.1) is 6.92 Å². The van der Waals surface area contributed by atoms with Crippen LogP contribution in [0.2, 0.25) is 0 Å². The zero-order chi connectivity index (χ0) is 20.3. The maximum atomic E-state index is 12.0. The van der Waals surface area contributed by atoms with Crippen LogP contribution in [-0.4, -0.2) is 58.6 Å². The van der Waals surface area contributed by atoms with Crippen LogP contribution in [0.3, 0.4) is 0 Å². The summed E-state index contributed by atoms with van der Waals surface area (Å²) in [6.07, 6.45) is -6.31. The van der Waals surface area contributed by atoms with Gasteiger partial charge in [-0.05, 0) is 19.1 Å². The van der Waals surface area contributed by atoms with E-state index in [2.05, 4.69) is 0 Å². The second-order valence-corrected chi connectivity index (χ2v) is 6.27. The molecule has 9 heteroatoms. The second kappa shape index (κ2) is 8.53. The lowest BCUT2D eigenvalue weighted by atomic mass is 9.99. The molecule has 2 heterocycles. The van der Waals surface area contributed by atoms with Gasteiger partial charge in [0, 0.05) is 6.07 Å². The monoisotopic (exact) mass is 392 g/mol. The van der Waals surface area contributed by atoms with Gasteiger partial charge in [0.2, 0.25) is 17.5 Å². The van der Waals surface area contributed by atoms with Crippen molar-refractivity contribution in [3.05, 3.63) is 64.2 Å². The van der Waals surface area contributed by atoms with Crippen molar-refractivity contribution in [1.82, 2.24) is 0 Å². The lowest BCUT2D eigenvalue weighted by molar-refractivity contribution is -0.277. The summed E-state index contributed by atoms with van der Waals surface area (Å²) in [5, 5.41) is 30.3. The zero-order valence-corrected chi connectivity index (χ0v) is 14.9. The van der Waals surface area contributed by atoms with Crippen molar-refractivity contribution >= 4 is 5.97 Å². The van der Waals surface area contributed by atoms with Crippen LogP contribution in [0.15, 0.2) is 51.9 Å². The van der Waals surface area contributed by atoms with Gasteiger partial charge in [0.1, 0.15) is 36.8 Å². The molecule has 28 heavy (non-hydrogen) atoms. The highest BCUT2D eigenvalue weighted by atomic mass is 16.7. The van der Waals surface area contributed by atoms with E-state index in [1.807, 2.05) is 0 Å². The molecule has 9 nitrogen and oxygen atoms in total. The third kappa shape index (κ3) is 4.23. The van der Waals surface area contributed by atoms with E-state index in [9.17, 15) is 24.9 Å². The maximum absolute atomic E-state index is 12.0. The van der Waals surface area contributed by atoms with Crippen LogP contribution in [0.5, 0.6) is 5.75 Å². The second-order valence-electron chi connectivity index (χ2n) is 6.27. The Labute approximate surface area is 159 Å². The summed E-state index contributed by atoms with van der Waals surface area (Å²) < 4.78 is 21.0. The van der Waals surface area contributed by atoms with E-state index >= 15 is 0 Å². The first-order valence-electron chi connectivity index (χ1n) is 8.55. The van der Waals surface area contributed by atoms with Crippen molar-refractivity contribution < 1.29 is 38.7 Å². The number of ether oxygens (including phenoxy) is 3. The molecule has 0 radical (unpaired) electrons. The summed E-state index contributed by atoms with van der Waals surface area (Å²) in [5.41, 5.74) is -0.203. The Kier molecular flexibility index (Phi) is 6.10. The van der Waals surface area contributed by atoms with Gasteiger partial charge in [-0.2, -0.15) is 0 Å². The molecule has 0 unspecified atom stereocenters. The number of hydrogen-bond acceptors (Lipinski definition) is 9. The SMILES string of the molecule is Cc1occc(=O)c1O[C@@H]1O[C@H](COC(=O)c2ccccc2)[C@@H](O)[C@H](O)[C@H]1O. The average Bonchev–Trinajstić information content (AvgIpc) is 2.70. The largest absolute Gasteiger partial charge is 0.465 e. The summed E-state index contributed by atoms with van der Waals surface area (Å²) in [4.78, 5) is 24.0. The third-order valence-electron chi connectivity index (χ3n) is 4.30. The summed E-state index contributed by atoms with van der Waals surface area (Å²) >= 11 is 0. The zero-order valence-electron chi connectivity index (χ0n) is 14.9. The van der Waals surface area contributed by atoms with Gasteiger partial charge in [-0.25, -0.2) is 4.79 Å². The van der Waals surface area contributed by atoms with Crippen LogP contribution in [0.1, 0.15) is 16.1 Å². The molecule has 0 saturated carbocycles. The molecule has 0 aliphatic carbocycles. The van der Waals surface area contributed by atoms with E-state index < -0.39 is 48.7 Å². The van der Waals surface area contributed by atoms with Gasteiger partial charge in [-0.1, -0.05) is 18.2 Å². The Bertz CT molecular complexity index is 863. The molecule has 0 spiro atoms. The fraction of sp³-hybridized carbons (Fsp3) is 0.368. The highest BCUT2D eigenvalue weighted by molar-refractivity contribution is 5.89. The molecule has 5 atom stereocenters. The lowest BCUT2D eigenvalue weighted by Crippen LogP contribution is -2.60. The number of rotatable bonds is 5. The van der Waals surface area contributed by atoms with E-state index in [4.69, 9.17) is 18.6 Å². The van der Waals surface area contributed by atoms with Gasteiger partial charge in [-0.3, -0.25) is 4.79 Å². The average molecular weight is 392 g/mol.